The highest BCUT2D eigenvalue weighted by Crippen LogP contribution is 2.31. The molecule has 3 N–H and O–H groups in total. The molecule has 0 aliphatic heterocycles. The maximum absolute atomic E-state index is 13.5. The van der Waals surface area contributed by atoms with E-state index in [9.17, 15) is 18.0 Å². The van der Waals surface area contributed by atoms with Gasteiger partial charge in [-0.25, -0.2) is 13.2 Å². The van der Waals surface area contributed by atoms with Crippen LogP contribution in [0.1, 0.15) is 25.7 Å². The summed E-state index contributed by atoms with van der Waals surface area (Å²) < 4.78 is 39.8. The zero-order valence-corrected chi connectivity index (χ0v) is 11.0. The number of halogens is 3. The van der Waals surface area contributed by atoms with Gasteiger partial charge in [-0.1, -0.05) is 12.8 Å². The minimum atomic E-state index is -1.11. The standard InChI is InChI=1S/C14H17F3N2O/c15-9-5-11(16)13(12(17)6-9)19-14(20)10-4-2-1-3-8(10)7-18/h5-6,8,10H,1-4,7,18H2,(H,19,20). The summed E-state index contributed by atoms with van der Waals surface area (Å²) in [5.74, 6) is -4.03. The molecule has 0 saturated heterocycles. The molecule has 2 rings (SSSR count). The van der Waals surface area contributed by atoms with Gasteiger partial charge in [-0.15, -0.1) is 0 Å². The Morgan fingerprint density at radius 3 is 2.40 bits per heavy atom. The number of amides is 1. The number of hydrogen-bond donors (Lipinski definition) is 2. The molecule has 2 atom stereocenters. The molecule has 0 bridgehead atoms. The van der Waals surface area contributed by atoms with Gasteiger partial charge in [0.05, 0.1) is 0 Å². The fourth-order valence-electron chi connectivity index (χ4n) is 2.71. The lowest BCUT2D eigenvalue weighted by atomic mass is 9.78. The zero-order chi connectivity index (χ0) is 14.7. The lowest BCUT2D eigenvalue weighted by Crippen LogP contribution is -2.36. The molecule has 1 amide bonds. The predicted octanol–water partition coefficient (Wildman–Crippen LogP) is 2.81. The van der Waals surface area contributed by atoms with Crippen molar-refractivity contribution < 1.29 is 18.0 Å². The maximum Gasteiger partial charge on any atom is 0.227 e. The molecule has 1 fully saturated rings. The Morgan fingerprint density at radius 1 is 1.20 bits per heavy atom. The normalized spacial score (nSPS) is 22.6. The number of carbonyl (C=O) groups excluding carboxylic acids is 1. The van der Waals surface area contributed by atoms with E-state index in [1.54, 1.807) is 0 Å². The van der Waals surface area contributed by atoms with Crippen molar-refractivity contribution in [1.29, 1.82) is 0 Å². The van der Waals surface area contributed by atoms with E-state index in [0.717, 1.165) is 19.3 Å². The molecule has 1 aliphatic carbocycles. The van der Waals surface area contributed by atoms with Crippen molar-refractivity contribution in [2.75, 3.05) is 11.9 Å². The van der Waals surface area contributed by atoms with Gasteiger partial charge < -0.3 is 11.1 Å². The molecule has 1 aromatic rings. The van der Waals surface area contributed by atoms with Crippen LogP contribution in [0.3, 0.4) is 0 Å². The van der Waals surface area contributed by atoms with Gasteiger partial charge in [-0.05, 0) is 25.3 Å². The predicted molar refractivity (Wildman–Crippen MR) is 69.4 cm³/mol. The Morgan fingerprint density at radius 2 is 1.80 bits per heavy atom. The summed E-state index contributed by atoms with van der Waals surface area (Å²) in [7, 11) is 0. The minimum Gasteiger partial charge on any atom is -0.330 e. The molecule has 1 saturated carbocycles. The third kappa shape index (κ3) is 3.12. The Balaban J connectivity index is 2.15. The average Bonchev–Trinajstić information content (AvgIpc) is 2.42. The van der Waals surface area contributed by atoms with Crippen LogP contribution in [0.4, 0.5) is 18.9 Å². The largest absolute Gasteiger partial charge is 0.330 e. The summed E-state index contributed by atoms with van der Waals surface area (Å²) in [6.07, 6.45) is 3.38. The fraction of sp³-hybridized carbons (Fsp3) is 0.500. The monoisotopic (exact) mass is 286 g/mol. The number of benzene rings is 1. The van der Waals surface area contributed by atoms with Crippen molar-refractivity contribution in [3.05, 3.63) is 29.6 Å². The Kier molecular flexibility index (Phi) is 4.65. The van der Waals surface area contributed by atoms with Gasteiger partial charge in [0.1, 0.15) is 11.5 Å². The molecule has 1 aliphatic rings. The topological polar surface area (TPSA) is 55.1 Å². The SMILES string of the molecule is NCC1CCCCC1C(=O)Nc1c(F)cc(F)cc1F. The molecule has 0 aromatic heterocycles. The quantitative estimate of drug-likeness (QED) is 0.897. The van der Waals surface area contributed by atoms with E-state index >= 15 is 0 Å². The number of nitrogens with one attached hydrogen (secondary N) is 1. The first kappa shape index (κ1) is 14.8. The van der Waals surface area contributed by atoms with Crippen molar-refractivity contribution in [3.63, 3.8) is 0 Å². The molecule has 110 valence electrons. The van der Waals surface area contributed by atoms with Crippen LogP contribution >= 0.6 is 0 Å². The van der Waals surface area contributed by atoms with Crippen LogP contribution in [0.15, 0.2) is 12.1 Å². The van der Waals surface area contributed by atoms with E-state index < -0.39 is 29.0 Å². The van der Waals surface area contributed by atoms with Crippen molar-refractivity contribution in [2.45, 2.75) is 25.7 Å². The average molecular weight is 286 g/mol. The summed E-state index contributed by atoms with van der Waals surface area (Å²) in [4.78, 5) is 12.1. The van der Waals surface area contributed by atoms with Crippen LogP contribution in [0.25, 0.3) is 0 Å². The third-order valence-electron chi connectivity index (χ3n) is 3.80. The number of rotatable bonds is 3. The summed E-state index contributed by atoms with van der Waals surface area (Å²) in [6, 6.07) is 1.08. The first-order valence-corrected chi connectivity index (χ1v) is 6.68. The molecule has 1 aromatic carbocycles. The van der Waals surface area contributed by atoms with Gasteiger partial charge in [0.2, 0.25) is 5.91 Å². The molecule has 0 radical (unpaired) electrons. The highest BCUT2D eigenvalue weighted by atomic mass is 19.1. The highest BCUT2D eigenvalue weighted by molar-refractivity contribution is 5.93. The molecule has 0 heterocycles. The van der Waals surface area contributed by atoms with E-state index in [0.29, 0.717) is 25.1 Å². The smallest absolute Gasteiger partial charge is 0.227 e. The molecule has 3 nitrogen and oxygen atoms in total. The second kappa shape index (κ2) is 6.26. The van der Waals surface area contributed by atoms with Crippen molar-refractivity contribution in [3.8, 4) is 0 Å². The van der Waals surface area contributed by atoms with Crippen LogP contribution in [0.5, 0.6) is 0 Å². The van der Waals surface area contributed by atoms with Crippen LogP contribution in [-0.2, 0) is 4.79 Å². The molecule has 6 heteroatoms. The minimum absolute atomic E-state index is 0.0234. The second-order valence-electron chi connectivity index (χ2n) is 5.12. The van der Waals surface area contributed by atoms with E-state index in [-0.39, 0.29) is 11.8 Å². The van der Waals surface area contributed by atoms with Crippen molar-refractivity contribution in [2.24, 2.45) is 17.6 Å². The summed E-state index contributed by atoms with van der Waals surface area (Å²) >= 11 is 0. The molecular formula is C14H17F3N2O. The van der Waals surface area contributed by atoms with E-state index in [1.807, 2.05) is 0 Å². The van der Waals surface area contributed by atoms with Crippen LogP contribution in [0, 0.1) is 29.3 Å². The van der Waals surface area contributed by atoms with E-state index in [1.165, 1.54) is 0 Å². The third-order valence-corrected chi connectivity index (χ3v) is 3.80. The van der Waals surface area contributed by atoms with Crippen LogP contribution < -0.4 is 11.1 Å². The van der Waals surface area contributed by atoms with Gasteiger partial charge in [0.25, 0.3) is 0 Å². The summed E-state index contributed by atoms with van der Waals surface area (Å²) in [6.45, 7) is 0.368. The van der Waals surface area contributed by atoms with Gasteiger partial charge in [-0.3, -0.25) is 4.79 Å². The molecule has 20 heavy (non-hydrogen) atoms. The van der Waals surface area contributed by atoms with E-state index in [4.69, 9.17) is 5.73 Å². The summed E-state index contributed by atoms with van der Waals surface area (Å²) in [5.41, 5.74) is 5.03. The van der Waals surface area contributed by atoms with Gasteiger partial charge in [0, 0.05) is 18.1 Å². The first-order valence-electron chi connectivity index (χ1n) is 6.68. The summed E-state index contributed by atoms with van der Waals surface area (Å²) in [5, 5.41) is 2.23. The lowest BCUT2D eigenvalue weighted by Gasteiger charge is -2.29. The Labute approximate surface area is 115 Å². The van der Waals surface area contributed by atoms with Crippen molar-refractivity contribution >= 4 is 11.6 Å². The van der Waals surface area contributed by atoms with Gasteiger partial charge >= 0.3 is 0 Å². The Bertz CT molecular complexity index is 484. The number of carbonyl (C=O) groups is 1. The first-order chi connectivity index (χ1) is 9.52. The maximum atomic E-state index is 13.5. The van der Waals surface area contributed by atoms with Crippen LogP contribution in [-0.4, -0.2) is 12.5 Å². The van der Waals surface area contributed by atoms with Crippen molar-refractivity contribution in [1.82, 2.24) is 0 Å². The highest BCUT2D eigenvalue weighted by Gasteiger charge is 2.30. The van der Waals surface area contributed by atoms with Gasteiger partial charge in [0.15, 0.2) is 11.6 Å². The lowest BCUT2D eigenvalue weighted by molar-refractivity contribution is -0.122. The molecule has 0 spiro atoms. The van der Waals surface area contributed by atoms with E-state index in [2.05, 4.69) is 5.32 Å². The second-order valence-corrected chi connectivity index (χ2v) is 5.12. The van der Waals surface area contributed by atoms with Crippen LogP contribution in [0.2, 0.25) is 0 Å². The Hall–Kier alpha value is -1.56. The van der Waals surface area contributed by atoms with Gasteiger partial charge in [-0.2, -0.15) is 0 Å². The number of nitrogens with two attached hydrogens (primary N) is 1. The fourth-order valence-corrected chi connectivity index (χ4v) is 2.71. The molecule has 2 unspecified atom stereocenters. The number of anilines is 1. The molecular weight excluding hydrogens is 269 g/mol. The zero-order valence-electron chi connectivity index (χ0n) is 11.0. The number of hydrogen-bond acceptors (Lipinski definition) is 2.